The fourth-order valence-electron chi connectivity index (χ4n) is 1.86. The third-order valence-corrected chi connectivity index (χ3v) is 3.36. The largest absolute Gasteiger partial charge is 0.334 e. The van der Waals surface area contributed by atoms with Crippen molar-refractivity contribution >= 4 is 23.7 Å². The summed E-state index contributed by atoms with van der Waals surface area (Å²) in [5.74, 6) is -0.455. The van der Waals surface area contributed by atoms with Crippen LogP contribution in [0.5, 0.6) is 0 Å². The summed E-state index contributed by atoms with van der Waals surface area (Å²) in [6, 6.07) is 13.5. The van der Waals surface area contributed by atoms with Gasteiger partial charge < -0.3 is 4.57 Å². The lowest BCUT2D eigenvalue weighted by Gasteiger charge is -2.03. The van der Waals surface area contributed by atoms with E-state index in [1.54, 1.807) is 6.07 Å². The van der Waals surface area contributed by atoms with Crippen molar-refractivity contribution in [1.82, 2.24) is 9.99 Å². The number of amides is 1. The maximum absolute atomic E-state index is 11.1. The molecule has 1 heterocycles. The van der Waals surface area contributed by atoms with Gasteiger partial charge in [0, 0.05) is 18.3 Å². The fourth-order valence-corrected chi connectivity index (χ4v) is 2.06. The Labute approximate surface area is 127 Å². The van der Waals surface area contributed by atoms with E-state index >= 15 is 0 Å². The maximum atomic E-state index is 11.1. The summed E-state index contributed by atoms with van der Waals surface area (Å²) >= 11 is 6.25. The minimum Gasteiger partial charge on any atom is -0.334 e. The van der Waals surface area contributed by atoms with Crippen LogP contribution in [0.2, 0.25) is 5.15 Å². The van der Waals surface area contributed by atoms with Crippen molar-refractivity contribution in [3.8, 4) is 17.3 Å². The second-order valence-electron chi connectivity index (χ2n) is 4.33. The number of halogens is 1. The summed E-state index contributed by atoms with van der Waals surface area (Å²) in [5.41, 5.74) is 4.94. The van der Waals surface area contributed by atoms with E-state index in [2.05, 4.69) is 10.5 Å². The molecule has 0 aliphatic carbocycles. The van der Waals surface area contributed by atoms with E-state index in [0.29, 0.717) is 10.7 Å². The van der Waals surface area contributed by atoms with Crippen LogP contribution in [-0.4, -0.2) is 16.7 Å². The first kappa shape index (κ1) is 14.8. The highest BCUT2D eigenvalue weighted by atomic mass is 35.5. The van der Waals surface area contributed by atoms with E-state index in [1.165, 1.54) is 6.21 Å². The molecular weight excluding hydrogens is 288 g/mol. The number of nitrogens with one attached hydrogen (secondary N) is 1. The molecular formula is C15H13ClN4O. The van der Waals surface area contributed by atoms with Gasteiger partial charge in [-0.2, -0.15) is 10.4 Å². The van der Waals surface area contributed by atoms with Crippen LogP contribution in [-0.2, 0) is 11.8 Å². The van der Waals surface area contributed by atoms with Crippen LogP contribution in [0.4, 0.5) is 0 Å². The lowest BCUT2D eigenvalue weighted by Crippen LogP contribution is -2.16. The molecule has 6 heteroatoms. The van der Waals surface area contributed by atoms with E-state index < -0.39 is 5.91 Å². The van der Waals surface area contributed by atoms with Crippen LogP contribution >= 0.6 is 11.6 Å². The van der Waals surface area contributed by atoms with E-state index in [-0.39, 0.29) is 6.42 Å². The van der Waals surface area contributed by atoms with Crippen molar-refractivity contribution in [2.45, 2.75) is 6.42 Å². The second kappa shape index (κ2) is 6.73. The molecule has 1 amide bonds. The molecule has 0 aliphatic rings. The van der Waals surface area contributed by atoms with Crippen LogP contribution in [0, 0.1) is 11.3 Å². The van der Waals surface area contributed by atoms with Gasteiger partial charge in [-0.3, -0.25) is 4.79 Å². The van der Waals surface area contributed by atoms with Crippen molar-refractivity contribution in [1.29, 1.82) is 5.26 Å². The van der Waals surface area contributed by atoms with Crippen molar-refractivity contribution in [3.63, 3.8) is 0 Å². The Kier molecular flexibility index (Phi) is 4.75. The van der Waals surface area contributed by atoms with Crippen LogP contribution < -0.4 is 5.43 Å². The quantitative estimate of drug-likeness (QED) is 0.696. The highest BCUT2D eigenvalue weighted by Crippen LogP contribution is 2.27. The number of aromatic nitrogens is 1. The van der Waals surface area contributed by atoms with Crippen molar-refractivity contribution in [2.24, 2.45) is 12.1 Å². The van der Waals surface area contributed by atoms with E-state index in [4.69, 9.17) is 16.9 Å². The maximum Gasteiger partial charge on any atom is 0.254 e. The van der Waals surface area contributed by atoms with Gasteiger partial charge in [-0.05, 0) is 11.6 Å². The Hall–Kier alpha value is -2.58. The van der Waals surface area contributed by atoms with Gasteiger partial charge in [0.15, 0.2) is 0 Å². The number of carbonyl (C=O) groups is 1. The van der Waals surface area contributed by atoms with Crippen LogP contribution in [0.25, 0.3) is 11.3 Å². The average Bonchev–Trinajstić information content (AvgIpc) is 2.77. The Morgan fingerprint density at radius 3 is 2.86 bits per heavy atom. The zero-order valence-corrected chi connectivity index (χ0v) is 12.1. The van der Waals surface area contributed by atoms with Gasteiger partial charge in [-0.1, -0.05) is 41.9 Å². The molecule has 2 aromatic rings. The summed E-state index contributed by atoms with van der Waals surface area (Å²) in [7, 11) is 1.86. The predicted molar refractivity (Wildman–Crippen MR) is 81.8 cm³/mol. The first-order chi connectivity index (χ1) is 10.1. The number of hydrazone groups is 1. The summed E-state index contributed by atoms with van der Waals surface area (Å²) in [4.78, 5) is 11.1. The molecule has 0 bridgehead atoms. The molecule has 0 unspecified atom stereocenters. The normalized spacial score (nSPS) is 10.5. The molecule has 0 atom stereocenters. The highest BCUT2D eigenvalue weighted by molar-refractivity contribution is 6.32. The van der Waals surface area contributed by atoms with Gasteiger partial charge in [0.05, 0.1) is 12.3 Å². The lowest BCUT2D eigenvalue weighted by molar-refractivity contribution is -0.120. The topological polar surface area (TPSA) is 70.2 Å². The predicted octanol–water partition coefficient (Wildman–Crippen LogP) is 2.71. The van der Waals surface area contributed by atoms with Crippen LogP contribution in [0.15, 0.2) is 41.5 Å². The Balaban J connectivity index is 2.21. The Morgan fingerprint density at radius 2 is 2.19 bits per heavy atom. The third kappa shape index (κ3) is 3.50. The van der Waals surface area contributed by atoms with Gasteiger partial charge in [0.2, 0.25) is 0 Å². The molecule has 0 saturated carbocycles. The highest BCUT2D eigenvalue weighted by Gasteiger charge is 2.10. The summed E-state index contributed by atoms with van der Waals surface area (Å²) in [6.07, 6.45) is 1.24. The zero-order valence-electron chi connectivity index (χ0n) is 11.4. The van der Waals surface area contributed by atoms with Gasteiger partial charge >= 0.3 is 0 Å². The first-order valence-corrected chi connectivity index (χ1v) is 6.60. The second-order valence-corrected chi connectivity index (χ2v) is 4.69. The minimum absolute atomic E-state index is 0.227. The summed E-state index contributed by atoms with van der Waals surface area (Å²) < 4.78 is 1.84. The van der Waals surface area contributed by atoms with Gasteiger partial charge in [-0.15, -0.1) is 0 Å². The smallest absolute Gasteiger partial charge is 0.254 e. The molecule has 0 radical (unpaired) electrons. The molecule has 0 fully saturated rings. The fraction of sp³-hybridized carbons (Fsp3) is 0.133. The standard InChI is InChI=1S/C15H13ClN4O/c1-20-13(11-5-3-2-4-6-11)9-12(15(20)16)10-18-19-14(21)7-8-17/h2-6,9-10H,7H2,1H3,(H,19,21). The van der Waals surface area contributed by atoms with E-state index in [0.717, 1.165) is 11.3 Å². The molecule has 1 aromatic heterocycles. The molecule has 1 N–H and O–H groups in total. The van der Waals surface area contributed by atoms with Crippen molar-refractivity contribution in [2.75, 3.05) is 0 Å². The number of nitriles is 1. The number of hydrogen-bond donors (Lipinski definition) is 1. The lowest BCUT2D eigenvalue weighted by atomic mass is 10.1. The van der Waals surface area contributed by atoms with Crippen molar-refractivity contribution < 1.29 is 4.79 Å². The molecule has 0 aliphatic heterocycles. The Bertz CT molecular complexity index is 713. The molecule has 0 spiro atoms. The summed E-state index contributed by atoms with van der Waals surface area (Å²) in [5, 5.41) is 12.7. The number of carbonyl (C=O) groups excluding carboxylic acids is 1. The van der Waals surface area contributed by atoms with Gasteiger partial charge in [0.1, 0.15) is 11.6 Å². The van der Waals surface area contributed by atoms with Crippen LogP contribution in [0.3, 0.4) is 0 Å². The van der Waals surface area contributed by atoms with Crippen LogP contribution in [0.1, 0.15) is 12.0 Å². The van der Waals surface area contributed by atoms with Gasteiger partial charge in [0.25, 0.3) is 5.91 Å². The monoisotopic (exact) mass is 300 g/mol. The number of nitrogens with zero attached hydrogens (tertiary/aromatic N) is 3. The molecule has 2 rings (SSSR count). The molecule has 21 heavy (non-hydrogen) atoms. The zero-order chi connectivity index (χ0) is 15.2. The Morgan fingerprint density at radius 1 is 1.48 bits per heavy atom. The summed E-state index contributed by atoms with van der Waals surface area (Å²) in [6.45, 7) is 0. The van der Waals surface area contributed by atoms with E-state index in [9.17, 15) is 4.79 Å². The first-order valence-electron chi connectivity index (χ1n) is 6.23. The van der Waals surface area contributed by atoms with Gasteiger partial charge in [-0.25, -0.2) is 5.43 Å². The number of rotatable bonds is 4. The molecule has 106 valence electrons. The van der Waals surface area contributed by atoms with E-state index in [1.807, 2.05) is 48.0 Å². The number of benzene rings is 1. The van der Waals surface area contributed by atoms with Crippen molar-refractivity contribution in [3.05, 3.63) is 47.1 Å². The average molecular weight is 301 g/mol. The molecule has 1 aromatic carbocycles. The molecule has 5 nitrogen and oxygen atoms in total. The molecule has 0 saturated heterocycles. The minimum atomic E-state index is -0.455. The number of hydrogen-bond acceptors (Lipinski definition) is 3. The third-order valence-electron chi connectivity index (χ3n) is 2.89. The SMILES string of the molecule is Cn1c(-c2ccccc2)cc(C=NNC(=O)CC#N)c1Cl.